The van der Waals surface area contributed by atoms with Crippen LogP contribution in [0.5, 0.6) is 0 Å². The molecule has 0 aromatic carbocycles. The molecule has 0 spiro atoms. The second kappa shape index (κ2) is 4.80. The number of allylic oxidation sites excluding steroid dienone is 1. The van der Waals surface area contributed by atoms with Crippen LogP contribution in [0.1, 0.15) is 26.7 Å². The first-order valence-electron chi connectivity index (χ1n) is 5.16. The van der Waals surface area contributed by atoms with Crippen molar-refractivity contribution in [1.29, 1.82) is 0 Å². The van der Waals surface area contributed by atoms with Gasteiger partial charge in [-0.25, -0.2) is 0 Å². The second-order valence-corrected chi connectivity index (χ2v) is 4.07. The Morgan fingerprint density at radius 1 is 1.64 bits per heavy atom. The average Bonchev–Trinajstić information content (AvgIpc) is 2.19. The van der Waals surface area contributed by atoms with E-state index >= 15 is 0 Å². The number of hydrogen-bond donors (Lipinski definition) is 1. The Morgan fingerprint density at radius 2 is 2.36 bits per heavy atom. The van der Waals surface area contributed by atoms with Crippen LogP contribution < -0.4 is 0 Å². The monoisotopic (exact) mass is 200 g/mol. The zero-order chi connectivity index (χ0) is 10.6. The second-order valence-electron chi connectivity index (χ2n) is 4.07. The summed E-state index contributed by atoms with van der Waals surface area (Å²) < 4.78 is 10.5. The number of ether oxygens (including phenoxy) is 2. The Kier molecular flexibility index (Phi) is 3.96. The molecule has 1 heterocycles. The lowest BCUT2D eigenvalue weighted by atomic mass is 9.88. The summed E-state index contributed by atoms with van der Waals surface area (Å²) in [7, 11) is 1.59. The van der Waals surface area contributed by atoms with Crippen molar-refractivity contribution in [3.8, 4) is 0 Å². The molecule has 1 N–H and O–H groups in total. The molecule has 0 aromatic heterocycles. The Bertz CT molecular complexity index is 211. The van der Waals surface area contributed by atoms with Crippen LogP contribution in [0, 0.1) is 5.92 Å². The minimum atomic E-state index is -0.963. The first-order chi connectivity index (χ1) is 6.61. The van der Waals surface area contributed by atoms with Crippen LogP contribution in [0.25, 0.3) is 0 Å². The molecule has 3 nitrogen and oxygen atoms in total. The van der Waals surface area contributed by atoms with E-state index in [4.69, 9.17) is 9.47 Å². The van der Waals surface area contributed by atoms with Crippen LogP contribution in [-0.2, 0) is 9.47 Å². The fourth-order valence-corrected chi connectivity index (χ4v) is 1.60. The van der Waals surface area contributed by atoms with E-state index in [1.54, 1.807) is 7.11 Å². The lowest BCUT2D eigenvalue weighted by Gasteiger charge is -2.34. The summed E-state index contributed by atoms with van der Waals surface area (Å²) in [6, 6.07) is 0. The molecule has 0 aromatic rings. The Morgan fingerprint density at radius 3 is 2.79 bits per heavy atom. The summed E-state index contributed by atoms with van der Waals surface area (Å²) in [4.78, 5) is 0. The molecule has 0 fully saturated rings. The van der Waals surface area contributed by atoms with Crippen LogP contribution in [-0.4, -0.2) is 31.0 Å². The van der Waals surface area contributed by atoms with E-state index in [2.05, 4.69) is 0 Å². The average molecular weight is 200 g/mol. The largest absolute Gasteiger partial charge is 0.495 e. The molecule has 1 unspecified atom stereocenters. The lowest BCUT2D eigenvalue weighted by Crippen LogP contribution is -2.43. The summed E-state index contributed by atoms with van der Waals surface area (Å²) in [6.07, 6.45) is 3.99. The number of methoxy groups -OCH3 is 1. The number of rotatable bonds is 4. The van der Waals surface area contributed by atoms with Gasteiger partial charge in [0.2, 0.25) is 0 Å². The summed E-state index contributed by atoms with van der Waals surface area (Å²) in [6.45, 7) is 4.93. The van der Waals surface area contributed by atoms with Gasteiger partial charge in [0.25, 0.3) is 0 Å². The first-order valence-corrected chi connectivity index (χ1v) is 5.16. The van der Waals surface area contributed by atoms with Crippen molar-refractivity contribution in [2.45, 2.75) is 32.3 Å². The van der Waals surface area contributed by atoms with Gasteiger partial charge in [-0.15, -0.1) is 0 Å². The fourth-order valence-electron chi connectivity index (χ4n) is 1.60. The van der Waals surface area contributed by atoms with Gasteiger partial charge in [0, 0.05) is 7.11 Å². The third-order valence-electron chi connectivity index (χ3n) is 2.68. The highest BCUT2D eigenvalue weighted by atomic mass is 16.5. The molecular formula is C11H20O3. The number of hydrogen-bond acceptors (Lipinski definition) is 3. The van der Waals surface area contributed by atoms with E-state index in [9.17, 15) is 5.11 Å². The summed E-state index contributed by atoms with van der Waals surface area (Å²) in [5.74, 6) is 0.771. The van der Waals surface area contributed by atoms with E-state index in [0.717, 1.165) is 12.8 Å². The fraction of sp³-hybridized carbons (Fsp3) is 0.818. The van der Waals surface area contributed by atoms with Gasteiger partial charge in [-0.1, -0.05) is 13.8 Å². The van der Waals surface area contributed by atoms with Crippen molar-refractivity contribution in [2.24, 2.45) is 5.92 Å². The van der Waals surface area contributed by atoms with Crippen LogP contribution in [0.4, 0.5) is 0 Å². The molecule has 1 atom stereocenters. The molecule has 0 saturated carbocycles. The van der Waals surface area contributed by atoms with Crippen molar-refractivity contribution in [3.63, 3.8) is 0 Å². The van der Waals surface area contributed by atoms with E-state index in [0.29, 0.717) is 12.4 Å². The maximum Gasteiger partial charge on any atom is 0.146 e. The van der Waals surface area contributed by atoms with Gasteiger partial charge >= 0.3 is 0 Å². The van der Waals surface area contributed by atoms with Crippen molar-refractivity contribution in [2.75, 3.05) is 20.3 Å². The molecule has 1 aliphatic rings. The summed E-state index contributed by atoms with van der Waals surface area (Å²) in [5, 5.41) is 10.4. The van der Waals surface area contributed by atoms with Crippen molar-refractivity contribution < 1.29 is 14.6 Å². The number of aliphatic hydroxyl groups is 1. The highest BCUT2D eigenvalue weighted by Gasteiger charge is 2.37. The predicted molar refractivity (Wildman–Crippen MR) is 54.9 cm³/mol. The van der Waals surface area contributed by atoms with Crippen LogP contribution in [0.3, 0.4) is 0 Å². The summed E-state index contributed by atoms with van der Waals surface area (Å²) >= 11 is 0. The first kappa shape index (κ1) is 11.5. The highest BCUT2D eigenvalue weighted by Crippen LogP contribution is 2.29. The van der Waals surface area contributed by atoms with E-state index in [1.165, 1.54) is 0 Å². The van der Waals surface area contributed by atoms with Crippen molar-refractivity contribution in [3.05, 3.63) is 11.8 Å². The molecule has 0 saturated heterocycles. The van der Waals surface area contributed by atoms with Gasteiger partial charge in [-0.2, -0.15) is 0 Å². The molecule has 82 valence electrons. The molecule has 14 heavy (non-hydrogen) atoms. The van der Waals surface area contributed by atoms with Crippen molar-refractivity contribution in [1.82, 2.24) is 0 Å². The normalized spacial score (nSPS) is 21.4. The zero-order valence-electron chi connectivity index (χ0n) is 9.25. The standard InChI is InChI=1S/C11H20O3/c1-9(2)11(12,8-13-3)10-6-4-5-7-14-10/h6,9,12H,4-5,7-8H2,1-3H3. The molecule has 1 rings (SSSR count). The predicted octanol–water partition coefficient (Wildman–Crippen LogP) is 1.71. The topological polar surface area (TPSA) is 38.7 Å². The molecular weight excluding hydrogens is 180 g/mol. The van der Waals surface area contributed by atoms with E-state index < -0.39 is 5.60 Å². The van der Waals surface area contributed by atoms with Gasteiger partial charge < -0.3 is 14.6 Å². The van der Waals surface area contributed by atoms with Gasteiger partial charge in [0.15, 0.2) is 0 Å². The van der Waals surface area contributed by atoms with Gasteiger partial charge in [0.05, 0.1) is 13.2 Å². The van der Waals surface area contributed by atoms with Gasteiger partial charge in [-0.05, 0) is 24.8 Å². The highest BCUT2D eigenvalue weighted by molar-refractivity contribution is 5.13. The minimum absolute atomic E-state index is 0.0896. The van der Waals surface area contributed by atoms with Crippen LogP contribution >= 0.6 is 0 Å². The van der Waals surface area contributed by atoms with Gasteiger partial charge in [-0.3, -0.25) is 0 Å². The Balaban J connectivity index is 2.80. The van der Waals surface area contributed by atoms with Gasteiger partial charge in [0.1, 0.15) is 11.4 Å². The maximum atomic E-state index is 10.4. The molecule has 0 radical (unpaired) electrons. The van der Waals surface area contributed by atoms with E-state index in [1.807, 2.05) is 19.9 Å². The Labute approximate surface area is 85.7 Å². The molecule has 0 bridgehead atoms. The summed E-state index contributed by atoms with van der Waals surface area (Å²) in [5.41, 5.74) is -0.963. The van der Waals surface area contributed by atoms with Crippen LogP contribution in [0.15, 0.2) is 11.8 Å². The van der Waals surface area contributed by atoms with Crippen LogP contribution in [0.2, 0.25) is 0 Å². The van der Waals surface area contributed by atoms with E-state index in [-0.39, 0.29) is 12.5 Å². The maximum absolute atomic E-state index is 10.4. The Hall–Kier alpha value is -0.540. The molecule has 1 aliphatic heterocycles. The SMILES string of the molecule is COCC(O)(C1=CCCCO1)C(C)C. The lowest BCUT2D eigenvalue weighted by molar-refractivity contribution is -0.0757. The quantitative estimate of drug-likeness (QED) is 0.751. The third kappa shape index (κ3) is 2.28. The molecule has 0 amide bonds. The molecule has 3 heteroatoms. The smallest absolute Gasteiger partial charge is 0.146 e. The minimum Gasteiger partial charge on any atom is -0.495 e. The zero-order valence-corrected chi connectivity index (χ0v) is 9.25. The third-order valence-corrected chi connectivity index (χ3v) is 2.68. The molecule has 0 aliphatic carbocycles. The van der Waals surface area contributed by atoms with Crippen molar-refractivity contribution >= 4 is 0 Å².